The number of rotatable bonds is 8. The first-order valence-electron chi connectivity index (χ1n) is 10.5. The lowest BCUT2D eigenvalue weighted by Crippen LogP contribution is -2.41. The first-order chi connectivity index (χ1) is 14.2. The Hall–Kier alpha value is -2.16. The number of ether oxygens (including phenoxy) is 1. The fourth-order valence-corrected chi connectivity index (χ4v) is 6.07. The predicted octanol–water partition coefficient (Wildman–Crippen LogP) is 2.34. The molecule has 1 amide bonds. The molecule has 0 radical (unpaired) electrons. The highest BCUT2D eigenvalue weighted by Gasteiger charge is 2.34. The second-order valence-corrected chi connectivity index (χ2v) is 10.4. The monoisotopic (exact) mass is 436 g/mol. The molecule has 2 aromatic rings. The van der Waals surface area contributed by atoms with Gasteiger partial charge in [-0.25, -0.2) is 18.1 Å². The summed E-state index contributed by atoms with van der Waals surface area (Å²) in [5, 5.41) is 5.25. The fourth-order valence-electron chi connectivity index (χ4n) is 4.34. The van der Waals surface area contributed by atoms with Crippen molar-refractivity contribution in [2.24, 2.45) is 7.05 Å². The van der Waals surface area contributed by atoms with E-state index in [1.165, 1.54) is 0 Å². The minimum Gasteiger partial charge on any atom is -0.479 e. The lowest BCUT2D eigenvalue weighted by Gasteiger charge is -2.28. The van der Waals surface area contributed by atoms with Gasteiger partial charge in [0.05, 0.1) is 24.0 Å². The second-order valence-electron chi connectivity index (χ2n) is 8.13. The number of amides is 1. The predicted molar refractivity (Wildman–Crippen MR) is 117 cm³/mol. The van der Waals surface area contributed by atoms with E-state index in [0.29, 0.717) is 31.7 Å². The van der Waals surface area contributed by atoms with Gasteiger partial charge in [0.2, 0.25) is 11.8 Å². The van der Waals surface area contributed by atoms with Crippen molar-refractivity contribution >= 4 is 26.8 Å². The Morgan fingerprint density at radius 3 is 2.67 bits per heavy atom. The lowest BCUT2D eigenvalue weighted by atomic mass is 9.99. The molecule has 1 aliphatic heterocycles. The number of sulfone groups is 1. The van der Waals surface area contributed by atoms with Crippen molar-refractivity contribution in [2.45, 2.75) is 58.9 Å². The molecule has 1 aliphatic rings. The van der Waals surface area contributed by atoms with Gasteiger partial charge in [-0.15, -0.1) is 5.10 Å². The van der Waals surface area contributed by atoms with Crippen molar-refractivity contribution in [3.8, 4) is 5.88 Å². The molecule has 1 unspecified atom stereocenters. The van der Waals surface area contributed by atoms with E-state index in [0.717, 1.165) is 40.7 Å². The second kappa shape index (κ2) is 8.91. The third-order valence-electron chi connectivity index (χ3n) is 6.03. The molecule has 0 saturated carbocycles. The number of carbonyl (C=O) groups is 1. The van der Waals surface area contributed by atoms with Crippen LogP contribution in [0, 0.1) is 13.8 Å². The quantitative estimate of drug-likeness (QED) is 0.630. The number of aromatic nitrogens is 3. The number of unbranched alkanes of at least 4 members (excludes halogenated alkanes) is 1. The molecule has 9 heteroatoms. The lowest BCUT2D eigenvalue weighted by molar-refractivity contribution is -0.133. The number of carbonyl (C=O) groups excluding carboxylic acids is 1. The molecule has 1 atom stereocenters. The molecule has 3 rings (SSSR count). The molecule has 3 heterocycles. The van der Waals surface area contributed by atoms with Crippen LogP contribution in [0.2, 0.25) is 0 Å². The van der Waals surface area contributed by atoms with E-state index in [9.17, 15) is 13.2 Å². The average molecular weight is 437 g/mol. The van der Waals surface area contributed by atoms with Gasteiger partial charge in [-0.1, -0.05) is 13.3 Å². The van der Waals surface area contributed by atoms with Gasteiger partial charge in [-0.2, -0.15) is 0 Å². The number of fused-ring (bicyclic) bond motifs is 1. The molecule has 0 N–H and O–H groups in total. The third-order valence-corrected chi connectivity index (χ3v) is 7.78. The summed E-state index contributed by atoms with van der Waals surface area (Å²) in [5.74, 6) is 0.807. The van der Waals surface area contributed by atoms with Crippen molar-refractivity contribution in [2.75, 3.05) is 25.2 Å². The van der Waals surface area contributed by atoms with E-state index in [2.05, 4.69) is 17.0 Å². The van der Waals surface area contributed by atoms with E-state index in [-0.39, 0.29) is 23.5 Å². The van der Waals surface area contributed by atoms with Crippen LogP contribution in [-0.2, 0) is 28.1 Å². The van der Waals surface area contributed by atoms with Crippen LogP contribution in [-0.4, -0.2) is 65.2 Å². The van der Waals surface area contributed by atoms with E-state index in [4.69, 9.17) is 4.74 Å². The van der Waals surface area contributed by atoms with Crippen molar-refractivity contribution in [1.82, 2.24) is 19.7 Å². The van der Waals surface area contributed by atoms with Gasteiger partial charge >= 0.3 is 0 Å². The van der Waals surface area contributed by atoms with Crippen molar-refractivity contribution < 1.29 is 17.9 Å². The Bertz CT molecular complexity index is 1050. The van der Waals surface area contributed by atoms with E-state index >= 15 is 0 Å². The summed E-state index contributed by atoms with van der Waals surface area (Å²) in [6.07, 6.45) is 3.26. The smallest absolute Gasteiger partial charge is 0.242 e. The van der Waals surface area contributed by atoms with E-state index < -0.39 is 9.84 Å². The zero-order valence-corrected chi connectivity index (χ0v) is 19.4. The van der Waals surface area contributed by atoms with Crippen LogP contribution in [0.4, 0.5) is 0 Å². The first kappa shape index (κ1) is 22.5. The van der Waals surface area contributed by atoms with E-state index in [1.807, 2.05) is 20.9 Å². The summed E-state index contributed by atoms with van der Waals surface area (Å²) < 4.78 is 31.0. The molecule has 1 fully saturated rings. The summed E-state index contributed by atoms with van der Waals surface area (Å²) in [5.41, 5.74) is 3.69. The Labute approximate surface area is 178 Å². The first-order valence-corrected chi connectivity index (χ1v) is 12.4. The Morgan fingerprint density at radius 1 is 1.33 bits per heavy atom. The largest absolute Gasteiger partial charge is 0.479 e. The molecular weight excluding hydrogens is 404 g/mol. The van der Waals surface area contributed by atoms with Crippen molar-refractivity contribution in [3.05, 3.63) is 16.8 Å². The van der Waals surface area contributed by atoms with Crippen molar-refractivity contribution in [3.63, 3.8) is 0 Å². The summed E-state index contributed by atoms with van der Waals surface area (Å²) in [7, 11) is 0.387. The zero-order valence-electron chi connectivity index (χ0n) is 18.6. The Morgan fingerprint density at radius 2 is 2.07 bits per heavy atom. The van der Waals surface area contributed by atoms with Gasteiger partial charge < -0.3 is 9.64 Å². The minimum atomic E-state index is -3.04. The molecule has 8 nitrogen and oxygen atoms in total. The highest BCUT2D eigenvalue weighted by Crippen LogP contribution is 2.30. The number of hydrogen-bond donors (Lipinski definition) is 0. The van der Waals surface area contributed by atoms with Crippen LogP contribution in [0.25, 0.3) is 11.0 Å². The van der Waals surface area contributed by atoms with Gasteiger partial charge in [-0.05, 0) is 44.2 Å². The average Bonchev–Trinajstić information content (AvgIpc) is 3.21. The minimum absolute atomic E-state index is 0.0163. The zero-order chi connectivity index (χ0) is 22.1. The molecule has 1 saturated heterocycles. The highest BCUT2D eigenvalue weighted by molar-refractivity contribution is 7.91. The summed E-state index contributed by atoms with van der Waals surface area (Å²) in [6.45, 7) is 6.65. The van der Waals surface area contributed by atoms with E-state index in [1.54, 1.807) is 16.7 Å². The standard InChI is InChI=1S/C21H32N4O4S/c1-6-7-11-25(16-10-12-30(27,28)13-16)18(26)9-8-17-14(2)19-20(22-15(17)3)24(4)23-21(19)29-5/h16H,6-13H2,1-5H3. The molecule has 2 aromatic heterocycles. The van der Waals surface area contributed by atoms with Crippen LogP contribution in [0.5, 0.6) is 5.88 Å². The highest BCUT2D eigenvalue weighted by atomic mass is 32.2. The number of pyridine rings is 1. The number of hydrogen-bond acceptors (Lipinski definition) is 6. The molecular formula is C21H32N4O4S. The Kier molecular flexibility index (Phi) is 6.69. The van der Waals surface area contributed by atoms with Crippen LogP contribution in [0.3, 0.4) is 0 Å². The Balaban J connectivity index is 1.82. The van der Waals surface area contributed by atoms with Crippen LogP contribution >= 0.6 is 0 Å². The molecule has 0 spiro atoms. The van der Waals surface area contributed by atoms with Gasteiger partial charge in [-0.3, -0.25) is 4.79 Å². The van der Waals surface area contributed by atoms with Crippen LogP contribution in [0.15, 0.2) is 0 Å². The number of methoxy groups -OCH3 is 1. The van der Waals surface area contributed by atoms with Gasteiger partial charge in [0.1, 0.15) is 0 Å². The number of aryl methyl sites for hydroxylation is 3. The van der Waals surface area contributed by atoms with Gasteiger partial charge in [0, 0.05) is 31.7 Å². The van der Waals surface area contributed by atoms with Gasteiger partial charge in [0.25, 0.3) is 0 Å². The summed E-state index contributed by atoms with van der Waals surface area (Å²) >= 11 is 0. The third kappa shape index (κ3) is 4.45. The SMILES string of the molecule is CCCCN(C(=O)CCc1c(C)nc2c(c(OC)nn2C)c1C)C1CCS(=O)(=O)C1. The normalized spacial score (nSPS) is 18.1. The molecule has 30 heavy (non-hydrogen) atoms. The molecule has 0 aliphatic carbocycles. The van der Waals surface area contributed by atoms with Crippen molar-refractivity contribution in [1.29, 1.82) is 0 Å². The summed E-state index contributed by atoms with van der Waals surface area (Å²) in [4.78, 5) is 19.6. The van der Waals surface area contributed by atoms with Crippen LogP contribution in [0.1, 0.15) is 49.4 Å². The maximum absolute atomic E-state index is 13.1. The van der Waals surface area contributed by atoms with Gasteiger partial charge in [0.15, 0.2) is 15.5 Å². The number of nitrogens with zero attached hydrogens (tertiary/aromatic N) is 4. The summed E-state index contributed by atoms with van der Waals surface area (Å²) in [6, 6.07) is -0.199. The fraction of sp³-hybridized carbons (Fsp3) is 0.667. The maximum Gasteiger partial charge on any atom is 0.242 e. The molecule has 0 aromatic carbocycles. The topological polar surface area (TPSA) is 94.4 Å². The molecule has 166 valence electrons. The maximum atomic E-state index is 13.1. The van der Waals surface area contributed by atoms with Crippen LogP contribution < -0.4 is 4.74 Å². The molecule has 0 bridgehead atoms.